The van der Waals surface area contributed by atoms with Crippen LogP contribution in [0.25, 0.3) is 0 Å². The van der Waals surface area contributed by atoms with E-state index in [4.69, 9.17) is 5.14 Å². The van der Waals surface area contributed by atoms with Gasteiger partial charge in [-0.1, -0.05) is 6.92 Å². The van der Waals surface area contributed by atoms with Crippen molar-refractivity contribution in [2.45, 2.75) is 19.4 Å². The number of hydrogen-bond acceptors (Lipinski definition) is 3. The number of nitrogens with zero attached hydrogens (tertiary/aromatic N) is 1. The summed E-state index contributed by atoms with van der Waals surface area (Å²) in [6.45, 7) is 3.68. The Morgan fingerprint density at radius 3 is 2.83 bits per heavy atom. The fraction of sp³-hybridized carbons (Fsp3) is 1.00. The zero-order valence-corrected chi connectivity index (χ0v) is 7.97. The summed E-state index contributed by atoms with van der Waals surface area (Å²) in [6, 6.07) is 0.247. The SMILES string of the molecule is CCC1CN(S(N)(=O)=O)CCN1. The molecule has 72 valence electrons. The molecule has 1 saturated heterocycles. The molecule has 12 heavy (non-hydrogen) atoms. The molecule has 0 aromatic heterocycles. The summed E-state index contributed by atoms with van der Waals surface area (Å²) in [5.41, 5.74) is 0. The minimum atomic E-state index is -3.48. The lowest BCUT2D eigenvalue weighted by Crippen LogP contribution is -2.53. The van der Waals surface area contributed by atoms with Crippen LogP contribution in [0.4, 0.5) is 0 Å². The second-order valence-corrected chi connectivity index (χ2v) is 4.51. The molecule has 1 fully saturated rings. The van der Waals surface area contributed by atoms with Gasteiger partial charge in [0.15, 0.2) is 0 Å². The summed E-state index contributed by atoms with van der Waals surface area (Å²) in [5, 5.41) is 8.21. The number of nitrogens with two attached hydrogens (primary N) is 1. The van der Waals surface area contributed by atoms with Crippen LogP contribution in [0, 0.1) is 0 Å². The van der Waals surface area contributed by atoms with Crippen molar-refractivity contribution in [3.8, 4) is 0 Å². The van der Waals surface area contributed by atoms with Crippen LogP contribution in [0.5, 0.6) is 0 Å². The molecule has 0 bridgehead atoms. The average molecular weight is 193 g/mol. The third kappa shape index (κ3) is 2.41. The normalized spacial score (nSPS) is 27.3. The lowest BCUT2D eigenvalue weighted by atomic mass is 10.2. The lowest BCUT2D eigenvalue weighted by Gasteiger charge is -2.30. The molecule has 1 unspecified atom stereocenters. The van der Waals surface area contributed by atoms with Gasteiger partial charge < -0.3 is 5.32 Å². The Morgan fingerprint density at radius 2 is 2.33 bits per heavy atom. The minimum Gasteiger partial charge on any atom is -0.311 e. The Bertz CT molecular complexity index is 239. The quantitative estimate of drug-likeness (QED) is 0.583. The molecule has 6 heteroatoms. The standard InChI is InChI=1S/C6H15N3O2S/c1-2-6-5-9(4-3-8-6)12(7,10)11/h6,8H,2-5H2,1H3,(H2,7,10,11). The molecule has 0 aromatic carbocycles. The highest BCUT2D eigenvalue weighted by Gasteiger charge is 2.24. The van der Waals surface area contributed by atoms with Crippen LogP contribution < -0.4 is 10.5 Å². The summed E-state index contributed by atoms with van der Waals surface area (Å²) in [5.74, 6) is 0. The monoisotopic (exact) mass is 193 g/mol. The van der Waals surface area contributed by atoms with Crippen LogP contribution in [0.3, 0.4) is 0 Å². The van der Waals surface area contributed by atoms with Crippen LogP contribution in [0.1, 0.15) is 13.3 Å². The largest absolute Gasteiger partial charge is 0.311 e. The highest BCUT2D eigenvalue weighted by molar-refractivity contribution is 7.86. The third-order valence-corrected chi connectivity index (χ3v) is 3.12. The summed E-state index contributed by atoms with van der Waals surface area (Å²) in [4.78, 5) is 0. The van der Waals surface area contributed by atoms with E-state index in [1.807, 2.05) is 6.92 Å². The molecule has 5 nitrogen and oxygen atoms in total. The third-order valence-electron chi connectivity index (χ3n) is 2.07. The van der Waals surface area contributed by atoms with Gasteiger partial charge >= 0.3 is 0 Å². The molecule has 1 rings (SSSR count). The van der Waals surface area contributed by atoms with Gasteiger partial charge in [0.2, 0.25) is 0 Å². The fourth-order valence-electron chi connectivity index (χ4n) is 1.30. The molecule has 0 aromatic rings. The van der Waals surface area contributed by atoms with Crippen molar-refractivity contribution in [1.82, 2.24) is 9.62 Å². The predicted octanol–water partition coefficient (Wildman–Crippen LogP) is -1.13. The first kappa shape index (κ1) is 9.91. The van der Waals surface area contributed by atoms with Gasteiger partial charge in [-0.15, -0.1) is 0 Å². The smallest absolute Gasteiger partial charge is 0.276 e. The summed E-state index contributed by atoms with van der Waals surface area (Å²) < 4.78 is 23.2. The van der Waals surface area contributed by atoms with Crippen molar-refractivity contribution in [2.75, 3.05) is 19.6 Å². The van der Waals surface area contributed by atoms with Crippen LogP contribution in [0.2, 0.25) is 0 Å². The topological polar surface area (TPSA) is 75.4 Å². The van der Waals surface area contributed by atoms with E-state index in [1.165, 1.54) is 4.31 Å². The molecule has 0 spiro atoms. The number of piperazine rings is 1. The van der Waals surface area contributed by atoms with Gasteiger partial charge in [-0.05, 0) is 6.42 Å². The molecule has 0 aliphatic carbocycles. The van der Waals surface area contributed by atoms with Crippen molar-refractivity contribution in [3.05, 3.63) is 0 Å². The summed E-state index contributed by atoms with van der Waals surface area (Å²) >= 11 is 0. The first-order valence-corrected chi connectivity index (χ1v) is 5.55. The molecule has 1 atom stereocenters. The summed E-state index contributed by atoms with van der Waals surface area (Å²) in [7, 11) is -3.48. The van der Waals surface area contributed by atoms with Crippen molar-refractivity contribution >= 4 is 10.2 Å². The average Bonchev–Trinajstić information content (AvgIpc) is 2.03. The molecular formula is C6H15N3O2S. The lowest BCUT2D eigenvalue weighted by molar-refractivity contribution is 0.294. The molecule has 3 N–H and O–H groups in total. The van der Waals surface area contributed by atoms with Gasteiger partial charge in [0.05, 0.1) is 0 Å². The minimum absolute atomic E-state index is 0.247. The first-order valence-electron chi connectivity index (χ1n) is 4.05. The first-order chi connectivity index (χ1) is 5.54. The molecule has 0 saturated carbocycles. The van der Waals surface area contributed by atoms with E-state index in [1.54, 1.807) is 0 Å². The number of rotatable bonds is 2. The van der Waals surface area contributed by atoms with Crippen molar-refractivity contribution < 1.29 is 8.42 Å². The van der Waals surface area contributed by atoms with Crippen LogP contribution in [-0.4, -0.2) is 38.4 Å². The van der Waals surface area contributed by atoms with Crippen LogP contribution >= 0.6 is 0 Å². The van der Waals surface area contributed by atoms with Gasteiger partial charge in [-0.25, -0.2) is 5.14 Å². The van der Waals surface area contributed by atoms with E-state index in [-0.39, 0.29) is 6.04 Å². The van der Waals surface area contributed by atoms with Gasteiger partial charge in [-0.2, -0.15) is 12.7 Å². The molecule has 0 radical (unpaired) electrons. The number of nitrogens with one attached hydrogen (secondary N) is 1. The van der Waals surface area contributed by atoms with E-state index < -0.39 is 10.2 Å². The maximum atomic E-state index is 10.9. The second-order valence-electron chi connectivity index (χ2n) is 2.96. The summed E-state index contributed by atoms with van der Waals surface area (Å²) in [6.07, 6.45) is 0.923. The molecule has 1 aliphatic heterocycles. The maximum absolute atomic E-state index is 10.9. The van der Waals surface area contributed by atoms with Gasteiger partial charge in [0.25, 0.3) is 10.2 Å². The van der Waals surface area contributed by atoms with Crippen LogP contribution in [-0.2, 0) is 10.2 Å². The van der Waals surface area contributed by atoms with E-state index in [9.17, 15) is 8.42 Å². The highest BCUT2D eigenvalue weighted by atomic mass is 32.2. The van der Waals surface area contributed by atoms with Crippen LogP contribution in [0.15, 0.2) is 0 Å². The molecule has 1 heterocycles. The molecule has 0 amide bonds. The Hall–Kier alpha value is -0.170. The van der Waals surface area contributed by atoms with E-state index in [2.05, 4.69) is 5.32 Å². The predicted molar refractivity (Wildman–Crippen MR) is 46.8 cm³/mol. The zero-order valence-electron chi connectivity index (χ0n) is 7.16. The Balaban J connectivity index is 2.58. The zero-order chi connectivity index (χ0) is 9.19. The second kappa shape index (κ2) is 3.69. The van der Waals surface area contributed by atoms with E-state index in [0.29, 0.717) is 19.6 Å². The van der Waals surface area contributed by atoms with Gasteiger partial charge in [-0.3, -0.25) is 0 Å². The van der Waals surface area contributed by atoms with Gasteiger partial charge in [0.1, 0.15) is 0 Å². The Kier molecular flexibility index (Phi) is 3.05. The molecule has 1 aliphatic rings. The van der Waals surface area contributed by atoms with Crippen molar-refractivity contribution in [3.63, 3.8) is 0 Å². The van der Waals surface area contributed by atoms with Crippen molar-refractivity contribution in [2.24, 2.45) is 5.14 Å². The van der Waals surface area contributed by atoms with Crippen molar-refractivity contribution in [1.29, 1.82) is 0 Å². The Morgan fingerprint density at radius 1 is 1.67 bits per heavy atom. The van der Waals surface area contributed by atoms with E-state index >= 15 is 0 Å². The maximum Gasteiger partial charge on any atom is 0.276 e. The molecular weight excluding hydrogens is 178 g/mol. The highest BCUT2D eigenvalue weighted by Crippen LogP contribution is 2.04. The van der Waals surface area contributed by atoms with Gasteiger partial charge in [0, 0.05) is 25.7 Å². The number of hydrogen-bond donors (Lipinski definition) is 2. The fourth-order valence-corrected chi connectivity index (χ4v) is 2.03. The Labute approximate surface area is 73.1 Å². The van der Waals surface area contributed by atoms with E-state index in [0.717, 1.165) is 6.42 Å².